The summed E-state index contributed by atoms with van der Waals surface area (Å²) in [6.45, 7) is 5.14. The van der Waals surface area contributed by atoms with Crippen LogP contribution in [0.15, 0.2) is 24.4 Å². The van der Waals surface area contributed by atoms with E-state index in [1.165, 1.54) is 12.8 Å². The molecule has 2 fully saturated rings. The van der Waals surface area contributed by atoms with Gasteiger partial charge in [-0.15, -0.1) is 0 Å². The van der Waals surface area contributed by atoms with Gasteiger partial charge in [-0.1, -0.05) is 6.07 Å². The highest BCUT2D eigenvalue weighted by molar-refractivity contribution is 7.09. The summed E-state index contributed by atoms with van der Waals surface area (Å²) in [5.74, 6) is 1.73. The zero-order valence-electron chi connectivity index (χ0n) is 12.0. The SMILES string of the molecule is c1ccc(CN2CCN(c3nc(C4CC4)ns3)CC2)nc1. The Hall–Kier alpha value is -1.53. The summed E-state index contributed by atoms with van der Waals surface area (Å²) in [4.78, 5) is 13.9. The van der Waals surface area contributed by atoms with Crippen molar-refractivity contribution in [3.8, 4) is 0 Å². The second-order valence-corrected chi connectivity index (χ2v) is 6.52. The Balaban J connectivity index is 1.33. The van der Waals surface area contributed by atoms with E-state index in [1.54, 1.807) is 11.5 Å². The van der Waals surface area contributed by atoms with Crippen LogP contribution in [0.4, 0.5) is 5.13 Å². The van der Waals surface area contributed by atoms with Gasteiger partial charge in [-0.3, -0.25) is 9.88 Å². The third-order valence-electron chi connectivity index (χ3n) is 4.13. The van der Waals surface area contributed by atoms with E-state index >= 15 is 0 Å². The molecule has 0 bridgehead atoms. The molecule has 0 spiro atoms. The van der Waals surface area contributed by atoms with Crippen LogP contribution in [-0.4, -0.2) is 45.4 Å². The highest BCUT2D eigenvalue weighted by Crippen LogP contribution is 2.39. The molecule has 1 aliphatic heterocycles. The van der Waals surface area contributed by atoms with Crippen molar-refractivity contribution in [3.63, 3.8) is 0 Å². The van der Waals surface area contributed by atoms with Crippen LogP contribution in [0.5, 0.6) is 0 Å². The number of hydrogen-bond acceptors (Lipinski definition) is 6. The molecule has 1 aliphatic carbocycles. The molecule has 2 aromatic rings. The van der Waals surface area contributed by atoms with Crippen molar-refractivity contribution in [2.24, 2.45) is 0 Å². The molecule has 5 nitrogen and oxygen atoms in total. The summed E-state index contributed by atoms with van der Waals surface area (Å²) in [6.07, 6.45) is 4.41. The van der Waals surface area contributed by atoms with Gasteiger partial charge in [0.05, 0.1) is 5.69 Å². The van der Waals surface area contributed by atoms with E-state index in [0.29, 0.717) is 5.92 Å². The molecule has 2 aromatic heterocycles. The summed E-state index contributed by atoms with van der Waals surface area (Å²) < 4.78 is 4.51. The van der Waals surface area contributed by atoms with E-state index in [9.17, 15) is 0 Å². The quantitative estimate of drug-likeness (QED) is 0.865. The van der Waals surface area contributed by atoms with E-state index in [2.05, 4.69) is 31.3 Å². The first kappa shape index (κ1) is 13.2. The maximum absolute atomic E-state index is 4.71. The minimum absolute atomic E-state index is 0.653. The minimum atomic E-state index is 0.653. The summed E-state index contributed by atoms with van der Waals surface area (Å²) >= 11 is 1.56. The maximum Gasteiger partial charge on any atom is 0.205 e. The third-order valence-corrected chi connectivity index (χ3v) is 4.92. The second-order valence-electron chi connectivity index (χ2n) is 5.79. The predicted molar refractivity (Wildman–Crippen MR) is 83.6 cm³/mol. The van der Waals surface area contributed by atoms with Crippen molar-refractivity contribution < 1.29 is 0 Å². The lowest BCUT2D eigenvalue weighted by molar-refractivity contribution is 0.247. The standard InChI is InChI=1S/C15H19N5S/c1-2-6-16-13(3-1)11-19-7-9-20(10-8-19)15-17-14(18-21-15)12-4-5-12/h1-3,6,12H,4-5,7-11H2. The third kappa shape index (κ3) is 3.06. The highest BCUT2D eigenvalue weighted by Gasteiger charge is 2.29. The first-order valence-electron chi connectivity index (χ1n) is 7.59. The van der Waals surface area contributed by atoms with E-state index < -0.39 is 0 Å². The molecular formula is C15H19N5S. The van der Waals surface area contributed by atoms with Crippen LogP contribution in [0, 0.1) is 0 Å². The topological polar surface area (TPSA) is 45.2 Å². The van der Waals surface area contributed by atoms with E-state index in [1.807, 2.05) is 12.3 Å². The fraction of sp³-hybridized carbons (Fsp3) is 0.533. The molecule has 4 rings (SSSR count). The number of nitrogens with zero attached hydrogens (tertiary/aromatic N) is 5. The fourth-order valence-electron chi connectivity index (χ4n) is 2.68. The Morgan fingerprint density at radius 3 is 2.71 bits per heavy atom. The van der Waals surface area contributed by atoms with Gasteiger partial charge in [0.15, 0.2) is 0 Å². The molecule has 1 saturated carbocycles. The molecule has 0 N–H and O–H groups in total. The lowest BCUT2D eigenvalue weighted by Crippen LogP contribution is -2.46. The molecule has 0 unspecified atom stereocenters. The molecule has 21 heavy (non-hydrogen) atoms. The average molecular weight is 301 g/mol. The first-order chi connectivity index (χ1) is 10.4. The fourth-order valence-corrected chi connectivity index (χ4v) is 3.48. The lowest BCUT2D eigenvalue weighted by Gasteiger charge is -2.34. The molecule has 1 saturated heterocycles. The maximum atomic E-state index is 4.71. The predicted octanol–water partition coefficient (Wildman–Crippen LogP) is 2.13. The minimum Gasteiger partial charge on any atom is -0.344 e. The molecule has 2 aliphatic rings. The van der Waals surface area contributed by atoms with E-state index in [0.717, 1.165) is 49.4 Å². The Labute approximate surface area is 128 Å². The van der Waals surface area contributed by atoms with Crippen molar-refractivity contribution in [1.82, 2.24) is 19.2 Å². The Bertz CT molecular complexity index is 587. The van der Waals surface area contributed by atoms with Gasteiger partial charge in [-0.25, -0.2) is 4.98 Å². The smallest absolute Gasteiger partial charge is 0.205 e. The summed E-state index contributed by atoms with van der Waals surface area (Å²) in [6, 6.07) is 6.12. The molecule has 0 radical (unpaired) electrons. The van der Waals surface area contributed by atoms with Gasteiger partial charge in [0.25, 0.3) is 0 Å². The van der Waals surface area contributed by atoms with Gasteiger partial charge in [0, 0.05) is 56.4 Å². The number of rotatable bonds is 4. The number of piperazine rings is 1. The molecule has 110 valence electrons. The van der Waals surface area contributed by atoms with Crippen LogP contribution in [0.3, 0.4) is 0 Å². The van der Waals surface area contributed by atoms with Gasteiger partial charge in [0.1, 0.15) is 5.82 Å². The van der Waals surface area contributed by atoms with Crippen molar-refractivity contribution in [3.05, 3.63) is 35.9 Å². The molecule has 0 atom stereocenters. The number of pyridine rings is 1. The Kier molecular flexibility index (Phi) is 3.57. The van der Waals surface area contributed by atoms with Crippen molar-refractivity contribution in [1.29, 1.82) is 0 Å². The van der Waals surface area contributed by atoms with Gasteiger partial charge in [-0.2, -0.15) is 4.37 Å². The normalized spacial score (nSPS) is 19.9. The monoisotopic (exact) mass is 301 g/mol. The van der Waals surface area contributed by atoms with Crippen molar-refractivity contribution in [2.45, 2.75) is 25.3 Å². The lowest BCUT2D eigenvalue weighted by atomic mass is 10.3. The van der Waals surface area contributed by atoms with Crippen LogP contribution in [0.25, 0.3) is 0 Å². The van der Waals surface area contributed by atoms with Gasteiger partial charge >= 0.3 is 0 Å². The van der Waals surface area contributed by atoms with E-state index in [4.69, 9.17) is 4.98 Å². The first-order valence-corrected chi connectivity index (χ1v) is 8.36. The van der Waals surface area contributed by atoms with Gasteiger partial charge in [-0.05, 0) is 25.0 Å². The van der Waals surface area contributed by atoms with Crippen LogP contribution in [0.2, 0.25) is 0 Å². The number of hydrogen-bond donors (Lipinski definition) is 0. The summed E-state index contributed by atoms with van der Waals surface area (Å²) in [5.41, 5.74) is 1.15. The Morgan fingerprint density at radius 1 is 1.14 bits per heavy atom. The molecule has 6 heteroatoms. The zero-order chi connectivity index (χ0) is 14.1. The second kappa shape index (κ2) is 5.69. The Morgan fingerprint density at radius 2 is 2.00 bits per heavy atom. The molecule has 0 amide bonds. The number of aromatic nitrogens is 3. The van der Waals surface area contributed by atoms with Gasteiger partial charge < -0.3 is 4.90 Å². The van der Waals surface area contributed by atoms with Crippen molar-refractivity contribution in [2.75, 3.05) is 31.1 Å². The highest BCUT2D eigenvalue weighted by atomic mass is 32.1. The van der Waals surface area contributed by atoms with E-state index in [-0.39, 0.29) is 0 Å². The molecule has 3 heterocycles. The molecular weight excluding hydrogens is 282 g/mol. The van der Waals surface area contributed by atoms with Crippen molar-refractivity contribution >= 4 is 16.7 Å². The molecule has 0 aromatic carbocycles. The van der Waals surface area contributed by atoms with Crippen LogP contribution in [0.1, 0.15) is 30.3 Å². The average Bonchev–Trinajstić information content (AvgIpc) is 3.27. The summed E-state index contributed by atoms with van der Waals surface area (Å²) in [7, 11) is 0. The zero-order valence-corrected chi connectivity index (χ0v) is 12.8. The summed E-state index contributed by atoms with van der Waals surface area (Å²) in [5, 5.41) is 1.11. The van der Waals surface area contributed by atoms with Gasteiger partial charge in [0.2, 0.25) is 5.13 Å². The number of anilines is 1. The van der Waals surface area contributed by atoms with Crippen LogP contribution in [-0.2, 0) is 6.54 Å². The van der Waals surface area contributed by atoms with Crippen LogP contribution >= 0.6 is 11.5 Å². The van der Waals surface area contributed by atoms with Crippen LogP contribution < -0.4 is 4.90 Å². The largest absolute Gasteiger partial charge is 0.344 e.